The zero-order valence-electron chi connectivity index (χ0n) is 16.6. The van der Waals surface area contributed by atoms with Gasteiger partial charge in [0.2, 0.25) is 5.91 Å². The second-order valence-corrected chi connectivity index (χ2v) is 9.77. The van der Waals surface area contributed by atoms with E-state index in [1.807, 2.05) is 11.3 Å². The van der Waals surface area contributed by atoms with Crippen LogP contribution in [0, 0.1) is 23.7 Å². The lowest BCUT2D eigenvalue weighted by molar-refractivity contribution is -0.128. The smallest absolute Gasteiger partial charge is 0.223 e. The van der Waals surface area contributed by atoms with Gasteiger partial charge in [0.1, 0.15) is 0 Å². The van der Waals surface area contributed by atoms with Gasteiger partial charge in [0, 0.05) is 29.9 Å². The number of carbonyl (C=O) groups is 1. The molecule has 7 heteroatoms. The average molecular weight is 449 g/mol. The molecule has 2 aliphatic carbocycles. The summed E-state index contributed by atoms with van der Waals surface area (Å²) in [5.74, 6) is 2.32. The minimum absolute atomic E-state index is 0. The monoisotopic (exact) mass is 447 g/mol. The fourth-order valence-corrected chi connectivity index (χ4v) is 6.11. The van der Waals surface area contributed by atoms with E-state index in [0.29, 0.717) is 29.7 Å². The highest BCUT2D eigenvalue weighted by Gasteiger charge is 2.40. The van der Waals surface area contributed by atoms with Crippen molar-refractivity contribution < 1.29 is 4.79 Å². The van der Waals surface area contributed by atoms with Crippen molar-refractivity contribution in [3.05, 3.63) is 22.4 Å². The maximum atomic E-state index is 12.7. The van der Waals surface area contributed by atoms with Gasteiger partial charge in [-0.1, -0.05) is 12.5 Å². The Hall–Kier alpha value is -0.330. The quantitative estimate of drug-likeness (QED) is 0.714. The number of nitrogens with two attached hydrogens (primary N) is 1. The first-order valence-electron chi connectivity index (χ1n) is 10.5. The van der Waals surface area contributed by atoms with E-state index in [1.54, 1.807) is 0 Å². The third kappa shape index (κ3) is 5.85. The Morgan fingerprint density at radius 3 is 2.43 bits per heavy atom. The Labute approximate surface area is 185 Å². The number of rotatable bonds is 5. The molecular formula is C21H35Cl2N3OS. The summed E-state index contributed by atoms with van der Waals surface area (Å²) in [7, 11) is 0. The van der Waals surface area contributed by atoms with Crippen LogP contribution in [0.15, 0.2) is 17.5 Å². The molecule has 1 amide bonds. The summed E-state index contributed by atoms with van der Waals surface area (Å²) in [5.41, 5.74) is 6.36. The topological polar surface area (TPSA) is 58.4 Å². The van der Waals surface area contributed by atoms with Crippen molar-refractivity contribution in [1.82, 2.24) is 10.2 Å². The van der Waals surface area contributed by atoms with Crippen LogP contribution >= 0.6 is 36.2 Å². The molecule has 3 aliphatic rings. The summed E-state index contributed by atoms with van der Waals surface area (Å²) in [5, 5.41) is 5.45. The van der Waals surface area contributed by atoms with Crippen LogP contribution < -0.4 is 11.1 Å². The van der Waals surface area contributed by atoms with Gasteiger partial charge in [-0.15, -0.1) is 36.2 Å². The molecule has 2 bridgehead atoms. The number of amides is 1. The van der Waals surface area contributed by atoms with Gasteiger partial charge in [-0.3, -0.25) is 9.69 Å². The van der Waals surface area contributed by atoms with Gasteiger partial charge in [-0.25, -0.2) is 0 Å². The summed E-state index contributed by atoms with van der Waals surface area (Å²) in [6.45, 7) is 4.26. The van der Waals surface area contributed by atoms with E-state index in [2.05, 4.69) is 27.7 Å². The van der Waals surface area contributed by atoms with Crippen molar-refractivity contribution in [1.29, 1.82) is 0 Å². The van der Waals surface area contributed by atoms with Crippen molar-refractivity contribution in [2.24, 2.45) is 29.4 Å². The highest BCUT2D eigenvalue weighted by molar-refractivity contribution is 7.09. The predicted molar refractivity (Wildman–Crippen MR) is 121 cm³/mol. The molecule has 2 unspecified atom stereocenters. The zero-order valence-corrected chi connectivity index (χ0v) is 19.0. The van der Waals surface area contributed by atoms with E-state index in [-0.39, 0.29) is 30.7 Å². The van der Waals surface area contributed by atoms with Gasteiger partial charge >= 0.3 is 0 Å². The molecule has 0 radical (unpaired) electrons. The van der Waals surface area contributed by atoms with Crippen LogP contribution in [0.25, 0.3) is 0 Å². The molecule has 3 N–H and O–H groups in total. The largest absolute Gasteiger partial charge is 0.356 e. The van der Waals surface area contributed by atoms with Crippen LogP contribution in [0.2, 0.25) is 0 Å². The van der Waals surface area contributed by atoms with Crippen molar-refractivity contribution in [2.45, 2.75) is 57.5 Å². The number of piperidine rings is 1. The van der Waals surface area contributed by atoms with E-state index in [4.69, 9.17) is 5.73 Å². The van der Waals surface area contributed by atoms with E-state index >= 15 is 0 Å². The molecule has 3 fully saturated rings. The maximum absolute atomic E-state index is 12.7. The molecule has 2 heterocycles. The lowest BCUT2D eigenvalue weighted by Gasteiger charge is -2.43. The summed E-state index contributed by atoms with van der Waals surface area (Å²) < 4.78 is 0. The lowest BCUT2D eigenvalue weighted by atomic mass is 9.65. The van der Waals surface area contributed by atoms with Crippen LogP contribution in [0.4, 0.5) is 0 Å². The van der Waals surface area contributed by atoms with Gasteiger partial charge < -0.3 is 11.1 Å². The lowest BCUT2D eigenvalue weighted by Crippen LogP contribution is -2.49. The number of nitrogens with one attached hydrogen (secondary N) is 1. The second kappa shape index (κ2) is 11.2. The first kappa shape index (κ1) is 23.9. The summed E-state index contributed by atoms with van der Waals surface area (Å²) in [4.78, 5) is 16.7. The molecule has 28 heavy (non-hydrogen) atoms. The molecule has 0 spiro atoms. The number of hydrogen-bond donors (Lipinski definition) is 2. The van der Waals surface area contributed by atoms with Crippen molar-refractivity contribution in [3.8, 4) is 0 Å². The van der Waals surface area contributed by atoms with Crippen LogP contribution in [0.1, 0.15) is 49.8 Å². The number of thiophene rings is 1. The highest BCUT2D eigenvalue weighted by Crippen LogP contribution is 2.41. The van der Waals surface area contributed by atoms with Crippen LogP contribution in [0.5, 0.6) is 0 Å². The summed E-state index contributed by atoms with van der Waals surface area (Å²) in [6.07, 6.45) is 8.19. The van der Waals surface area contributed by atoms with Gasteiger partial charge in [-0.05, 0) is 80.8 Å². The number of likely N-dealkylation sites (tertiary alicyclic amines) is 1. The van der Waals surface area contributed by atoms with Crippen LogP contribution in [-0.4, -0.2) is 36.5 Å². The minimum atomic E-state index is 0. The fourth-order valence-electron chi connectivity index (χ4n) is 5.36. The predicted octanol–water partition coefficient (Wildman–Crippen LogP) is 4.07. The summed E-state index contributed by atoms with van der Waals surface area (Å²) >= 11 is 1.85. The Bertz CT molecular complexity index is 578. The van der Waals surface area contributed by atoms with E-state index in [9.17, 15) is 4.79 Å². The first-order valence-corrected chi connectivity index (χ1v) is 11.3. The van der Waals surface area contributed by atoms with Gasteiger partial charge in [-0.2, -0.15) is 0 Å². The Morgan fingerprint density at radius 2 is 1.82 bits per heavy atom. The average Bonchev–Trinajstić information content (AvgIpc) is 3.14. The van der Waals surface area contributed by atoms with E-state index in [1.165, 1.54) is 37.0 Å². The van der Waals surface area contributed by atoms with Crippen LogP contribution in [0.3, 0.4) is 0 Å². The van der Waals surface area contributed by atoms with Crippen molar-refractivity contribution >= 4 is 42.1 Å². The Morgan fingerprint density at radius 1 is 1.14 bits per heavy atom. The minimum Gasteiger partial charge on any atom is -0.356 e. The van der Waals surface area contributed by atoms with Gasteiger partial charge in [0.15, 0.2) is 0 Å². The van der Waals surface area contributed by atoms with Crippen molar-refractivity contribution in [2.75, 3.05) is 19.6 Å². The van der Waals surface area contributed by atoms with E-state index < -0.39 is 0 Å². The van der Waals surface area contributed by atoms with Crippen molar-refractivity contribution in [3.63, 3.8) is 0 Å². The molecule has 2 atom stereocenters. The third-order valence-corrected chi connectivity index (χ3v) is 7.88. The van der Waals surface area contributed by atoms with E-state index in [0.717, 1.165) is 39.0 Å². The Balaban J connectivity index is 0.00000140. The fraction of sp³-hybridized carbons (Fsp3) is 0.762. The molecule has 160 valence electrons. The first-order chi connectivity index (χ1) is 12.7. The summed E-state index contributed by atoms with van der Waals surface area (Å²) in [6, 6.07) is 4.71. The molecular weight excluding hydrogens is 413 g/mol. The molecule has 1 aromatic rings. The molecule has 1 aromatic heterocycles. The third-order valence-electron chi connectivity index (χ3n) is 7.02. The highest BCUT2D eigenvalue weighted by atomic mass is 35.5. The molecule has 1 aliphatic heterocycles. The zero-order chi connectivity index (χ0) is 17.9. The number of nitrogens with zero attached hydrogens (tertiary/aromatic N) is 1. The number of fused-ring (bicyclic) bond motifs is 2. The number of hydrogen-bond acceptors (Lipinski definition) is 4. The molecule has 2 saturated carbocycles. The molecule has 4 rings (SSSR count). The van der Waals surface area contributed by atoms with Gasteiger partial charge in [0.05, 0.1) is 0 Å². The molecule has 4 nitrogen and oxygen atoms in total. The standard InChI is InChI=1S/C21H33N3OS.2ClH/c22-20-16-3-1-4-17(20)12-18(11-16)21(25)23-13-15-6-8-24(9-7-15)14-19-5-2-10-26-19;;/h2,5,10,15-18,20H,1,3-4,6-9,11-14,22H2,(H,23,25);2*1H. The maximum Gasteiger partial charge on any atom is 0.223 e. The van der Waals surface area contributed by atoms with Crippen LogP contribution in [-0.2, 0) is 11.3 Å². The Kier molecular flexibility index (Phi) is 9.55. The van der Waals surface area contributed by atoms with Gasteiger partial charge in [0.25, 0.3) is 0 Å². The number of halogens is 2. The SMILES string of the molecule is Cl.Cl.NC1C2CCCC1CC(C(=O)NCC1CCN(Cc3cccs3)CC1)C2. The number of carbonyl (C=O) groups excluding carboxylic acids is 1. The second-order valence-electron chi connectivity index (χ2n) is 8.74. The molecule has 0 aromatic carbocycles. The normalized spacial score (nSPS) is 30.8. The molecule has 1 saturated heterocycles.